The molecule has 0 amide bonds. The molecule has 8 nitrogen and oxygen atoms in total. The summed E-state index contributed by atoms with van der Waals surface area (Å²) in [5.41, 5.74) is -3.47. The second-order valence-corrected chi connectivity index (χ2v) is 8.70. The Morgan fingerprint density at radius 2 is 1.89 bits per heavy atom. The van der Waals surface area contributed by atoms with Gasteiger partial charge in [-0.05, 0) is 38.7 Å². The lowest BCUT2D eigenvalue weighted by atomic mass is 9.98. The Morgan fingerprint density at radius 3 is 2.46 bits per heavy atom. The highest BCUT2D eigenvalue weighted by Gasteiger charge is 2.50. The molecule has 3 rings (SSSR count). The van der Waals surface area contributed by atoms with E-state index in [9.17, 15) is 21.6 Å². The van der Waals surface area contributed by atoms with Crippen LogP contribution in [0.15, 0.2) is 18.5 Å². The molecule has 28 heavy (non-hydrogen) atoms. The molecule has 0 atom stereocenters. The summed E-state index contributed by atoms with van der Waals surface area (Å²) >= 11 is 0. The zero-order valence-corrected chi connectivity index (χ0v) is 16.3. The Kier molecular flexibility index (Phi) is 5.62. The van der Waals surface area contributed by atoms with E-state index in [-0.39, 0.29) is 19.0 Å². The van der Waals surface area contributed by atoms with Crippen molar-refractivity contribution in [1.29, 1.82) is 0 Å². The summed E-state index contributed by atoms with van der Waals surface area (Å²) < 4.78 is 63.0. The molecule has 0 spiro atoms. The second-order valence-electron chi connectivity index (χ2n) is 6.78. The SMILES string of the molecule is Cc1cc(C)n(-c2cncc(NCC3CCN(S(=O)(=O)C(F)(F)F)CC3)n2)n1. The average Bonchev–Trinajstić information content (AvgIpc) is 2.98. The van der Waals surface area contributed by atoms with Gasteiger partial charge in [-0.25, -0.2) is 18.1 Å². The number of hydrogen-bond acceptors (Lipinski definition) is 6. The van der Waals surface area contributed by atoms with E-state index < -0.39 is 15.5 Å². The molecular weight excluding hydrogens is 397 g/mol. The minimum Gasteiger partial charge on any atom is -0.368 e. The van der Waals surface area contributed by atoms with Gasteiger partial charge in [0.15, 0.2) is 5.82 Å². The van der Waals surface area contributed by atoms with Gasteiger partial charge in [0, 0.05) is 25.3 Å². The lowest BCUT2D eigenvalue weighted by Crippen LogP contribution is -2.45. The Morgan fingerprint density at radius 1 is 1.21 bits per heavy atom. The van der Waals surface area contributed by atoms with Crippen molar-refractivity contribution in [2.75, 3.05) is 25.0 Å². The van der Waals surface area contributed by atoms with Crippen molar-refractivity contribution in [3.63, 3.8) is 0 Å². The largest absolute Gasteiger partial charge is 0.511 e. The van der Waals surface area contributed by atoms with E-state index in [0.29, 0.717) is 35.3 Å². The fourth-order valence-corrected chi connectivity index (χ4v) is 4.14. The van der Waals surface area contributed by atoms with E-state index in [2.05, 4.69) is 20.4 Å². The minimum absolute atomic E-state index is 0.0406. The number of piperidine rings is 1. The van der Waals surface area contributed by atoms with E-state index in [1.165, 1.54) is 0 Å². The molecule has 1 saturated heterocycles. The van der Waals surface area contributed by atoms with Gasteiger partial charge in [0.1, 0.15) is 5.82 Å². The molecule has 12 heteroatoms. The number of nitrogens with zero attached hydrogens (tertiary/aromatic N) is 5. The second kappa shape index (κ2) is 7.66. The van der Waals surface area contributed by atoms with Gasteiger partial charge >= 0.3 is 15.5 Å². The summed E-state index contributed by atoms with van der Waals surface area (Å²) in [5.74, 6) is 1.12. The fraction of sp³-hybridized carbons (Fsp3) is 0.562. The van der Waals surface area contributed by atoms with E-state index in [4.69, 9.17) is 0 Å². The molecule has 0 bridgehead atoms. The number of aromatic nitrogens is 4. The summed E-state index contributed by atoms with van der Waals surface area (Å²) in [6.45, 7) is 3.96. The van der Waals surface area contributed by atoms with Crippen LogP contribution in [0, 0.1) is 19.8 Å². The number of halogens is 3. The fourth-order valence-electron chi connectivity index (χ4n) is 3.15. The molecule has 2 aromatic heterocycles. The Labute approximate surface area is 160 Å². The van der Waals surface area contributed by atoms with Crippen molar-refractivity contribution in [3.8, 4) is 5.82 Å². The number of rotatable bonds is 5. The van der Waals surface area contributed by atoms with Crippen LogP contribution in [0.2, 0.25) is 0 Å². The number of nitrogens with one attached hydrogen (secondary N) is 1. The molecule has 0 saturated carbocycles. The van der Waals surface area contributed by atoms with Crippen LogP contribution >= 0.6 is 0 Å². The minimum atomic E-state index is -5.25. The van der Waals surface area contributed by atoms with Crippen LogP contribution in [-0.2, 0) is 10.0 Å². The monoisotopic (exact) mass is 418 g/mol. The molecule has 1 N–H and O–H groups in total. The number of anilines is 1. The average molecular weight is 418 g/mol. The molecule has 0 aromatic carbocycles. The molecule has 1 fully saturated rings. The van der Waals surface area contributed by atoms with Crippen molar-refractivity contribution in [2.45, 2.75) is 32.2 Å². The Bertz CT molecular complexity index is 936. The summed E-state index contributed by atoms with van der Waals surface area (Å²) in [6.07, 6.45) is 3.82. The third-order valence-electron chi connectivity index (χ3n) is 4.63. The molecular formula is C16H21F3N6O2S. The van der Waals surface area contributed by atoms with Crippen LogP contribution in [0.4, 0.5) is 19.0 Å². The summed E-state index contributed by atoms with van der Waals surface area (Å²) in [5, 5.41) is 7.48. The van der Waals surface area contributed by atoms with Crippen LogP contribution < -0.4 is 5.32 Å². The van der Waals surface area contributed by atoms with Crippen LogP contribution in [0.3, 0.4) is 0 Å². The van der Waals surface area contributed by atoms with Crippen LogP contribution in [0.5, 0.6) is 0 Å². The third kappa shape index (κ3) is 4.27. The van der Waals surface area contributed by atoms with E-state index in [1.807, 2.05) is 19.9 Å². The van der Waals surface area contributed by atoms with Crippen molar-refractivity contribution >= 4 is 15.8 Å². The maximum Gasteiger partial charge on any atom is 0.511 e. The first-order valence-electron chi connectivity index (χ1n) is 8.74. The van der Waals surface area contributed by atoms with Gasteiger partial charge in [-0.3, -0.25) is 4.98 Å². The lowest BCUT2D eigenvalue weighted by molar-refractivity contribution is -0.0496. The highest BCUT2D eigenvalue weighted by Crippen LogP contribution is 2.30. The van der Waals surface area contributed by atoms with Crippen molar-refractivity contribution in [1.82, 2.24) is 24.1 Å². The zero-order valence-electron chi connectivity index (χ0n) is 15.4. The maximum absolute atomic E-state index is 12.6. The number of hydrogen-bond donors (Lipinski definition) is 1. The topological polar surface area (TPSA) is 93.0 Å². The van der Waals surface area contributed by atoms with Gasteiger partial charge in [-0.15, -0.1) is 0 Å². The summed E-state index contributed by atoms with van der Waals surface area (Å²) in [4.78, 5) is 8.61. The number of aryl methyl sites for hydroxylation is 2. The summed E-state index contributed by atoms with van der Waals surface area (Å²) in [7, 11) is -5.25. The van der Waals surface area contributed by atoms with Gasteiger partial charge in [0.25, 0.3) is 0 Å². The maximum atomic E-state index is 12.6. The number of sulfonamides is 1. The van der Waals surface area contributed by atoms with E-state index in [1.54, 1.807) is 17.1 Å². The predicted octanol–water partition coefficient (Wildman–Crippen LogP) is 2.25. The highest BCUT2D eigenvalue weighted by molar-refractivity contribution is 7.90. The quantitative estimate of drug-likeness (QED) is 0.801. The van der Waals surface area contributed by atoms with Crippen molar-refractivity contribution in [2.24, 2.45) is 5.92 Å². The molecule has 3 heterocycles. The van der Waals surface area contributed by atoms with Crippen LogP contribution in [-0.4, -0.2) is 57.6 Å². The lowest BCUT2D eigenvalue weighted by Gasteiger charge is -2.31. The predicted molar refractivity (Wildman–Crippen MR) is 96.4 cm³/mol. The molecule has 0 unspecified atom stereocenters. The van der Waals surface area contributed by atoms with Gasteiger partial charge in [0.2, 0.25) is 0 Å². The zero-order chi connectivity index (χ0) is 20.5. The van der Waals surface area contributed by atoms with E-state index >= 15 is 0 Å². The Balaban J connectivity index is 1.58. The molecule has 0 aliphatic carbocycles. The normalized spacial score (nSPS) is 17.0. The van der Waals surface area contributed by atoms with Gasteiger partial charge in [-0.2, -0.15) is 22.6 Å². The van der Waals surface area contributed by atoms with Gasteiger partial charge < -0.3 is 5.32 Å². The highest BCUT2D eigenvalue weighted by atomic mass is 32.2. The molecule has 1 aliphatic heterocycles. The van der Waals surface area contributed by atoms with Crippen LogP contribution in [0.25, 0.3) is 5.82 Å². The number of alkyl halides is 3. The summed E-state index contributed by atoms with van der Waals surface area (Å²) in [6, 6.07) is 1.92. The van der Waals surface area contributed by atoms with Gasteiger partial charge in [0.05, 0.1) is 18.1 Å². The molecule has 0 radical (unpaired) electrons. The molecule has 2 aromatic rings. The molecule has 1 aliphatic rings. The van der Waals surface area contributed by atoms with Crippen molar-refractivity contribution in [3.05, 3.63) is 29.8 Å². The standard InChI is InChI=1S/C16H21F3N6O2S/c1-11-7-12(2)25(23-11)15-10-20-9-14(22-15)21-8-13-3-5-24(6-4-13)28(26,27)16(17,18)19/h7,9-10,13H,3-6,8H2,1-2H3,(H,21,22). The van der Waals surface area contributed by atoms with Crippen molar-refractivity contribution < 1.29 is 21.6 Å². The first-order chi connectivity index (χ1) is 13.1. The van der Waals surface area contributed by atoms with Crippen LogP contribution in [0.1, 0.15) is 24.2 Å². The smallest absolute Gasteiger partial charge is 0.368 e. The van der Waals surface area contributed by atoms with E-state index in [0.717, 1.165) is 11.4 Å². The third-order valence-corrected chi connectivity index (χ3v) is 6.26. The Hall–Kier alpha value is -2.21. The first kappa shape index (κ1) is 20.5. The van der Waals surface area contributed by atoms with Gasteiger partial charge in [-0.1, -0.05) is 0 Å². The molecule has 154 valence electrons. The first-order valence-corrected chi connectivity index (χ1v) is 10.2.